The number of hydrogen-bond donors (Lipinski definition) is 4. The van der Waals surface area contributed by atoms with E-state index in [-0.39, 0.29) is 52.4 Å². The van der Waals surface area contributed by atoms with E-state index in [1.807, 2.05) is 0 Å². The summed E-state index contributed by atoms with van der Waals surface area (Å²) >= 11 is 6.79. The van der Waals surface area contributed by atoms with Crippen LogP contribution in [0.1, 0.15) is 51.1 Å². The van der Waals surface area contributed by atoms with Gasteiger partial charge in [-0.05, 0) is 57.4 Å². The second-order valence-corrected chi connectivity index (χ2v) is 11.6. The van der Waals surface area contributed by atoms with Crippen molar-refractivity contribution < 1.29 is 28.9 Å². The molecule has 4 N–H and O–H groups in total. The van der Waals surface area contributed by atoms with Crippen molar-refractivity contribution >= 4 is 40.4 Å². The highest BCUT2D eigenvalue weighted by atomic mass is 35.5. The number of phenolic OH excluding ortho intramolecular Hbond substituents is 1. The maximum absolute atomic E-state index is 15.8. The molecule has 1 saturated carbocycles. The van der Waals surface area contributed by atoms with Crippen LogP contribution in [0.3, 0.4) is 0 Å². The molecule has 3 aromatic rings. The Hall–Kier alpha value is -4.26. The van der Waals surface area contributed by atoms with Crippen molar-refractivity contribution in [1.82, 2.24) is 14.6 Å². The highest BCUT2D eigenvalue weighted by Crippen LogP contribution is 2.43. The van der Waals surface area contributed by atoms with Gasteiger partial charge in [0.1, 0.15) is 17.2 Å². The third-order valence-electron chi connectivity index (χ3n) is 7.02. The third-order valence-corrected chi connectivity index (χ3v) is 7.38. The van der Waals surface area contributed by atoms with Crippen LogP contribution in [-0.2, 0) is 4.74 Å². The highest BCUT2D eigenvalue weighted by molar-refractivity contribution is 6.38. The molecule has 218 valence electrons. The fourth-order valence-electron chi connectivity index (χ4n) is 5.21. The predicted molar refractivity (Wildman–Crippen MR) is 149 cm³/mol. The van der Waals surface area contributed by atoms with E-state index >= 15 is 4.39 Å². The van der Waals surface area contributed by atoms with E-state index in [1.165, 1.54) is 16.7 Å². The maximum Gasteiger partial charge on any atom is 0.424 e. The van der Waals surface area contributed by atoms with Crippen LogP contribution < -0.4 is 26.9 Å². The first-order valence-corrected chi connectivity index (χ1v) is 13.4. The van der Waals surface area contributed by atoms with Crippen LogP contribution >= 0.6 is 11.6 Å². The lowest BCUT2D eigenvalue weighted by Gasteiger charge is -2.24. The fraction of sp³-hybridized carbons (Fsp3) is 0.407. The topological polar surface area (TPSA) is 155 Å². The Balaban J connectivity index is 1.61. The van der Waals surface area contributed by atoms with E-state index in [9.17, 15) is 24.3 Å². The summed E-state index contributed by atoms with van der Waals surface area (Å²) in [4.78, 5) is 51.8. The van der Waals surface area contributed by atoms with Crippen LogP contribution in [-0.4, -0.2) is 56.4 Å². The SMILES string of the molecule is CC(C)(C)OC(=O)NC1CN(c2c(F)cc3c(=O)n(NC(=O)O)c(=O)n(C4CC4)c3c2Cl)CC1c1ccc(O)cc1. The number of carbonyl (C=O) groups excluding carboxylic acids is 1. The summed E-state index contributed by atoms with van der Waals surface area (Å²) < 4.78 is 22.8. The number of rotatable bonds is 5. The van der Waals surface area contributed by atoms with Gasteiger partial charge in [-0.2, -0.15) is 4.68 Å². The third kappa shape index (κ3) is 5.53. The maximum atomic E-state index is 15.8. The zero-order chi connectivity index (χ0) is 29.8. The highest BCUT2D eigenvalue weighted by Gasteiger charge is 2.39. The molecule has 2 amide bonds. The summed E-state index contributed by atoms with van der Waals surface area (Å²) in [5.74, 6) is -1.16. The second-order valence-electron chi connectivity index (χ2n) is 11.2. The summed E-state index contributed by atoms with van der Waals surface area (Å²) in [6.45, 7) is 5.49. The molecule has 14 heteroatoms. The van der Waals surface area contributed by atoms with Crippen molar-refractivity contribution in [2.45, 2.75) is 57.2 Å². The van der Waals surface area contributed by atoms with Gasteiger partial charge in [0.25, 0.3) is 5.56 Å². The lowest BCUT2D eigenvalue weighted by atomic mass is 9.94. The van der Waals surface area contributed by atoms with Gasteiger partial charge < -0.3 is 25.2 Å². The number of carboxylic acid groups (broad SMARTS) is 1. The zero-order valence-electron chi connectivity index (χ0n) is 22.5. The van der Waals surface area contributed by atoms with Crippen LogP contribution in [0.5, 0.6) is 5.75 Å². The second kappa shape index (κ2) is 10.3. The van der Waals surface area contributed by atoms with E-state index in [0.29, 0.717) is 17.5 Å². The van der Waals surface area contributed by atoms with Crippen molar-refractivity contribution in [2.75, 3.05) is 23.4 Å². The normalized spacial score (nSPS) is 18.9. The monoisotopic (exact) mass is 589 g/mol. The molecule has 2 heterocycles. The number of carbonyl (C=O) groups is 2. The van der Waals surface area contributed by atoms with Crippen LogP contribution in [0.4, 0.5) is 19.7 Å². The molecule has 1 aliphatic carbocycles. The Bertz CT molecular complexity index is 1660. The van der Waals surface area contributed by atoms with Crippen LogP contribution in [0.25, 0.3) is 10.9 Å². The van der Waals surface area contributed by atoms with Gasteiger partial charge in [0, 0.05) is 25.0 Å². The average molecular weight is 590 g/mol. The van der Waals surface area contributed by atoms with Crippen molar-refractivity contribution in [1.29, 1.82) is 0 Å². The average Bonchev–Trinajstić information content (AvgIpc) is 3.62. The van der Waals surface area contributed by atoms with Gasteiger partial charge in [-0.25, -0.2) is 24.2 Å². The molecule has 1 aromatic heterocycles. The van der Waals surface area contributed by atoms with Crippen molar-refractivity contribution in [2.24, 2.45) is 0 Å². The number of nitrogens with zero attached hydrogens (tertiary/aromatic N) is 3. The van der Waals surface area contributed by atoms with E-state index in [4.69, 9.17) is 21.4 Å². The number of alkyl carbamates (subject to hydrolysis) is 1. The Morgan fingerprint density at radius 3 is 2.37 bits per heavy atom. The number of fused-ring (bicyclic) bond motifs is 1. The van der Waals surface area contributed by atoms with Gasteiger partial charge in [-0.1, -0.05) is 23.7 Å². The first-order valence-electron chi connectivity index (χ1n) is 13.0. The standard InChI is InChI=1S/C27H29ClFN5O7/c1-27(2,3)41-25(39)30-19-12-32(11-17(19)13-4-8-15(35)9-5-13)22-18(29)10-16-21(20(22)28)33(14-6-7-14)26(40)34(23(16)36)31-24(37)38/h4-5,8-10,14,17,19,31,35H,6-7,11-12H2,1-3H3,(H,30,39)(H,37,38). The molecule has 2 fully saturated rings. The van der Waals surface area contributed by atoms with Crippen molar-refractivity contribution in [3.63, 3.8) is 0 Å². The number of amides is 2. The molecule has 41 heavy (non-hydrogen) atoms. The molecule has 0 spiro atoms. The Morgan fingerprint density at radius 2 is 1.78 bits per heavy atom. The van der Waals surface area contributed by atoms with Gasteiger partial charge in [0.05, 0.1) is 27.7 Å². The number of hydrogen-bond acceptors (Lipinski definition) is 7. The zero-order valence-corrected chi connectivity index (χ0v) is 23.2. The smallest absolute Gasteiger partial charge is 0.424 e. The quantitative estimate of drug-likeness (QED) is 0.351. The molecule has 2 atom stereocenters. The number of benzene rings is 2. The Morgan fingerprint density at radius 1 is 1.12 bits per heavy atom. The van der Waals surface area contributed by atoms with Crippen LogP contribution in [0, 0.1) is 5.82 Å². The van der Waals surface area contributed by atoms with E-state index in [0.717, 1.165) is 11.6 Å². The summed E-state index contributed by atoms with van der Waals surface area (Å²) in [7, 11) is 0. The Kier molecular flexibility index (Phi) is 7.10. The minimum absolute atomic E-state index is 0.00809. The molecule has 0 radical (unpaired) electrons. The van der Waals surface area contributed by atoms with E-state index in [2.05, 4.69) is 5.32 Å². The predicted octanol–water partition coefficient (Wildman–Crippen LogP) is 3.71. The lowest BCUT2D eigenvalue weighted by Crippen LogP contribution is -2.46. The summed E-state index contributed by atoms with van der Waals surface area (Å²) in [5.41, 5.74) is -0.247. The number of ether oxygens (including phenoxy) is 1. The van der Waals surface area contributed by atoms with Gasteiger partial charge in [-0.3, -0.25) is 9.36 Å². The molecular formula is C27H29ClFN5O7. The van der Waals surface area contributed by atoms with E-state index < -0.39 is 40.9 Å². The molecule has 2 aromatic carbocycles. The van der Waals surface area contributed by atoms with Crippen LogP contribution in [0.2, 0.25) is 5.02 Å². The fourth-order valence-corrected chi connectivity index (χ4v) is 5.62. The van der Waals surface area contributed by atoms with Crippen LogP contribution in [0.15, 0.2) is 39.9 Å². The summed E-state index contributed by atoms with van der Waals surface area (Å²) in [5, 5.41) is 21.3. The lowest BCUT2D eigenvalue weighted by molar-refractivity contribution is 0.0505. The molecule has 1 saturated heterocycles. The van der Waals surface area contributed by atoms with Crippen molar-refractivity contribution in [3.05, 3.63) is 67.6 Å². The number of aromatic hydroxyl groups is 1. The van der Waals surface area contributed by atoms with E-state index in [1.54, 1.807) is 43.2 Å². The molecule has 12 nitrogen and oxygen atoms in total. The number of phenols is 1. The Labute approximate surface area is 237 Å². The van der Waals surface area contributed by atoms with Gasteiger partial charge >= 0.3 is 17.9 Å². The number of anilines is 1. The minimum Gasteiger partial charge on any atom is -0.508 e. The molecular weight excluding hydrogens is 561 g/mol. The largest absolute Gasteiger partial charge is 0.508 e. The van der Waals surface area contributed by atoms with Crippen molar-refractivity contribution in [3.8, 4) is 5.75 Å². The summed E-state index contributed by atoms with van der Waals surface area (Å²) in [6, 6.07) is 6.48. The number of halogens is 2. The van der Waals surface area contributed by atoms with Gasteiger partial charge in [0.15, 0.2) is 0 Å². The number of aromatic nitrogens is 2. The van der Waals surface area contributed by atoms with Gasteiger partial charge in [0.2, 0.25) is 0 Å². The molecule has 2 aliphatic rings. The molecule has 2 unspecified atom stereocenters. The first kappa shape index (κ1) is 28.3. The molecule has 5 rings (SSSR count). The summed E-state index contributed by atoms with van der Waals surface area (Å²) in [6.07, 6.45) is -1.10. The van der Waals surface area contributed by atoms with Gasteiger partial charge in [-0.15, -0.1) is 0 Å². The first-order chi connectivity index (χ1) is 19.2. The number of nitrogens with one attached hydrogen (secondary N) is 2. The molecule has 0 bridgehead atoms. The minimum atomic E-state index is -1.63. The molecule has 1 aliphatic heterocycles.